The van der Waals surface area contributed by atoms with Gasteiger partial charge >= 0.3 is 0 Å². The fraction of sp³-hybridized carbons (Fsp3) is 0.217. The van der Waals surface area contributed by atoms with Crippen molar-refractivity contribution in [1.82, 2.24) is 19.6 Å². The van der Waals surface area contributed by atoms with Gasteiger partial charge in [0.1, 0.15) is 0 Å². The van der Waals surface area contributed by atoms with Crippen molar-refractivity contribution in [2.75, 3.05) is 36.6 Å². The monoisotopic (exact) mass is 413 g/mol. The van der Waals surface area contributed by atoms with E-state index >= 15 is 0 Å². The predicted molar refractivity (Wildman–Crippen MR) is 122 cm³/mol. The van der Waals surface area contributed by atoms with Crippen molar-refractivity contribution < 1.29 is 4.74 Å². The summed E-state index contributed by atoms with van der Waals surface area (Å²) in [6.07, 6.45) is 7.28. The number of aromatic nitrogens is 4. The van der Waals surface area contributed by atoms with Crippen molar-refractivity contribution in [2.24, 2.45) is 5.10 Å². The number of hydrogen-bond donors (Lipinski definition) is 1. The fourth-order valence-electron chi connectivity index (χ4n) is 3.63. The summed E-state index contributed by atoms with van der Waals surface area (Å²) in [6.45, 7) is 5.06. The molecule has 4 aromatic rings. The Hall–Kier alpha value is -3.78. The zero-order chi connectivity index (χ0) is 21.0. The normalized spacial score (nSPS) is 14.4. The first-order chi connectivity index (χ1) is 15.3. The lowest BCUT2D eigenvalue weighted by molar-refractivity contribution is 0.123. The molecule has 0 spiro atoms. The van der Waals surface area contributed by atoms with Crippen LogP contribution in [0.5, 0.6) is 0 Å². The maximum absolute atomic E-state index is 5.53. The molecule has 0 radical (unpaired) electrons. The Balaban J connectivity index is 1.50. The maximum Gasteiger partial charge on any atom is 0.177 e. The smallest absolute Gasteiger partial charge is 0.177 e. The zero-order valence-electron chi connectivity index (χ0n) is 17.3. The van der Waals surface area contributed by atoms with Crippen LogP contribution in [-0.2, 0) is 4.74 Å². The third-order valence-electron chi connectivity index (χ3n) is 5.15. The summed E-state index contributed by atoms with van der Waals surface area (Å²) >= 11 is 0. The molecule has 0 saturated carbocycles. The van der Waals surface area contributed by atoms with Gasteiger partial charge in [-0.15, -0.1) is 5.10 Å². The summed E-state index contributed by atoms with van der Waals surface area (Å²) in [5.74, 6) is 0.646. The predicted octanol–water partition coefficient (Wildman–Crippen LogP) is 3.38. The van der Waals surface area contributed by atoms with Gasteiger partial charge in [-0.2, -0.15) is 5.10 Å². The number of imidazole rings is 1. The zero-order valence-corrected chi connectivity index (χ0v) is 17.3. The number of morpholine rings is 1. The van der Waals surface area contributed by atoms with E-state index in [0.29, 0.717) is 19.0 Å². The van der Waals surface area contributed by atoms with Crippen LogP contribution in [0.15, 0.2) is 66.2 Å². The first-order valence-electron chi connectivity index (χ1n) is 10.3. The summed E-state index contributed by atoms with van der Waals surface area (Å²) in [7, 11) is 0. The van der Waals surface area contributed by atoms with E-state index in [1.807, 2.05) is 42.7 Å². The van der Waals surface area contributed by atoms with Crippen LogP contribution in [-0.4, -0.2) is 52.1 Å². The molecule has 0 aliphatic carbocycles. The van der Waals surface area contributed by atoms with Gasteiger partial charge in [-0.1, -0.05) is 29.8 Å². The van der Waals surface area contributed by atoms with E-state index in [0.717, 1.165) is 41.2 Å². The van der Waals surface area contributed by atoms with Crippen LogP contribution in [0, 0.1) is 6.92 Å². The molecule has 5 rings (SSSR count). The minimum atomic E-state index is 0.646. The lowest BCUT2D eigenvalue weighted by Crippen LogP contribution is -2.36. The first-order valence-corrected chi connectivity index (χ1v) is 10.3. The Kier molecular flexibility index (Phi) is 5.28. The van der Waals surface area contributed by atoms with Gasteiger partial charge in [-0.05, 0) is 24.6 Å². The number of fused-ring (bicyclic) bond motifs is 1. The van der Waals surface area contributed by atoms with Gasteiger partial charge in [0.25, 0.3) is 0 Å². The molecule has 0 amide bonds. The molecular formula is C23H23N7O. The average molecular weight is 413 g/mol. The number of aryl methyl sites for hydroxylation is 1. The molecular weight excluding hydrogens is 390 g/mol. The van der Waals surface area contributed by atoms with Gasteiger partial charge in [0, 0.05) is 37.1 Å². The maximum atomic E-state index is 5.53. The van der Waals surface area contributed by atoms with Crippen LogP contribution < -0.4 is 10.3 Å². The second-order valence-corrected chi connectivity index (χ2v) is 7.43. The van der Waals surface area contributed by atoms with Crippen molar-refractivity contribution in [1.29, 1.82) is 0 Å². The number of nitrogens with one attached hydrogen (secondary N) is 1. The molecule has 0 atom stereocenters. The Morgan fingerprint density at radius 2 is 2.03 bits per heavy atom. The number of ether oxygens (including phenoxy) is 1. The number of rotatable bonds is 5. The van der Waals surface area contributed by atoms with E-state index in [2.05, 4.69) is 44.6 Å². The summed E-state index contributed by atoms with van der Waals surface area (Å²) in [6, 6.07) is 14.1. The van der Waals surface area contributed by atoms with Crippen molar-refractivity contribution in [3.63, 3.8) is 0 Å². The number of hydrogen-bond acceptors (Lipinski definition) is 7. The average Bonchev–Trinajstić information content (AvgIpc) is 3.24. The molecule has 0 bridgehead atoms. The molecule has 31 heavy (non-hydrogen) atoms. The molecule has 8 nitrogen and oxygen atoms in total. The molecule has 1 fully saturated rings. The minimum absolute atomic E-state index is 0.646. The summed E-state index contributed by atoms with van der Waals surface area (Å²) in [4.78, 5) is 11.3. The third kappa shape index (κ3) is 4.24. The number of anilines is 2. The second-order valence-electron chi connectivity index (χ2n) is 7.43. The SMILES string of the molecule is Cc1cccc(C=NNc2cc(N3CCOCC3)c3nc(-c4cccnc4)cn3n2)c1. The number of hydrazone groups is 1. The molecule has 4 heterocycles. The van der Waals surface area contributed by atoms with E-state index in [9.17, 15) is 0 Å². The Morgan fingerprint density at radius 3 is 2.84 bits per heavy atom. The van der Waals surface area contributed by atoms with Crippen LogP contribution >= 0.6 is 0 Å². The highest BCUT2D eigenvalue weighted by molar-refractivity contribution is 5.81. The van der Waals surface area contributed by atoms with Crippen molar-refractivity contribution >= 4 is 23.4 Å². The van der Waals surface area contributed by atoms with E-state index in [-0.39, 0.29) is 0 Å². The van der Waals surface area contributed by atoms with Gasteiger partial charge in [0.2, 0.25) is 0 Å². The summed E-state index contributed by atoms with van der Waals surface area (Å²) < 4.78 is 7.33. The van der Waals surface area contributed by atoms with E-state index in [4.69, 9.17) is 9.72 Å². The molecule has 8 heteroatoms. The van der Waals surface area contributed by atoms with Gasteiger partial charge in [0.05, 0.1) is 37.0 Å². The highest BCUT2D eigenvalue weighted by atomic mass is 16.5. The Morgan fingerprint density at radius 1 is 1.13 bits per heavy atom. The molecule has 0 unspecified atom stereocenters. The number of nitrogens with zero attached hydrogens (tertiary/aromatic N) is 6. The molecule has 1 N–H and O–H groups in total. The van der Waals surface area contributed by atoms with Crippen molar-refractivity contribution in [3.8, 4) is 11.3 Å². The van der Waals surface area contributed by atoms with Gasteiger partial charge < -0.3 is 9.64 Å². The molecule has 1 aliphatic rings. The van der Waals surface area contributed by atoms with Crippen LogP contribution in [0.1, 0.15) is 11.1 Å². The quantitative estimate of drug-likeness (QED) is 0.399. The topological polar surface area (TPSA) is 79.9 Å². The molecule has 156 valence electrons. The summed E-state index contributed by atoms with van der Waals surface area (Å²) in [5.41, 5.74) is 8.88. The van der Waals surface area contributed by atoms with Crippen LogP contribution in [0.3, 0.4) is 0 Å². The lowest BCUT2D eigenvalue weighted by Gasteiger charge is -2.29. The van der Waals surface area contributed by atoms with Crippen molar-refractivity contribution in [3.05, 3.63) is 72.2 Å². The lowest BCUT2D eigenvalue weighted by atomic mass is 10.2. The molecule has 3 aromatic heterocycles. The fourth-order valence-corrected chi connectivity index (χ4v) is 3.63. The summed E-state index contributed by atoms with van der Waals surface area (Å²) in [5, 5.41) is 9.06. The number of benzene rings is 1. The van der Waals surface area contributed by atoms with E-state index < -0.39 is 0 Å². The minimum Gasteiger partial charge on any atom is -0.378 e. The van der Waals surface area contributed by atoms with Crippen molar-refractivity contribution in [2.45, 2.75) is 6.92 Å². The van der Waals surface area contributed by atoms with E-state index in [1.165, 1.54) is 5.56 Å². The van der Waals surface area contributed by atoms with Crippen LogP contribution in [0.4, 0.5) is 11.5 Å². The van der Waals surface area contributed by atoms with Crippen LogP contribution in [0.2, 0.25) is 0 Å². The highest BCUT2D eigenvalue weighted by Gasteiger charge is 2.18. The Bertz CT molecular complexity index is 1210. The standard InChI is InChI=1S/C23H23N7O/c1-17-4-2-5-18(12-17)14-25-27-22-13-21(29-8-10-31-11-9-29)23-26-20(16-30(23)28-22)19-6-3-7-24-15-19/h2-7,12-16H,8-11H2,1H3,(H,27,28). The third-order valence-corrected chi connectivity index (χ3v) is 5.15. The Labute approximate surface area is 180 Å². The molecule has 1 aliphatic heterocycles. The molecule has 1 saturated heterocycles. The number of pyridine rings is 1. The molecule has 1 aromatic carbocycles. The van der Waals surface area contributed by atoms with E-state index in [1.54, 1.807) is 16.9 Å². The van der Waals surface area contributed by atoms with Gasteiger partial charge in [0.15, 0.2) is 11.5 Å². The van der Waals surface area contributed by atoms with Gasteiger partial charge in [-0.25, -0.2) is 9.50 Å². The second kappa shape index (κ2) is 8.53. The highest BCUT2D eigenvalue weighted by Crippen LogP contribution is 2.27. The first kappa shape index (κ1) is 19.2. The van der Waals surface area contributed by atoms with Crippen LogP contribution in [0.25, 0.3) is 16.9 Å². The van der Waals surface area contributed by atoms with Gasteiger partial charge in [-0.3, -0.25) is 10.4 Å². The largest absolute Gasteiger partial charge is 0.378 e.